The number of ether oxygens (including phenoxy) is 1. The Morgan fingerprint density at radius 3 is 2.25 bits per heavy atom. The maximum absolute atomic E-state index is 10.5. The van der Waals surface area contributed by atoms with E-state index in [1.165, 1.54) is 0 Å². The Morgan fingerprint density at radius 1 is 1.17 bits per heavy atom. The van der Waals surface area contributed by atoms with E-state index in [1.807, 2.05) is 0 Å². The standard InChI is InChI=1S/C7H15ClO3S/c1-11-6-4-2-3-5-7-12(8,9)10/h2-7H2,1H3. The molecule has 0 fully saturated rings. The molecule has 0 aromatic rings. The van der Waals surface area contributed by atoms with Crippen molar-refractivity contribution in [3.8, 4) is 0 Å². The summed E-state index contributed by atoms with van der Waals surface area (Å²) in [7, 11) is 3.40. The van der Waals surface area contributed by atoms with Crippen LogP contribution < -0.4 is 0 Å². The number of hydrogen-bond donors (Lipinski definition) is 0. The van der Waals surface area contributed by atoms with Gasteiger partial charge in [-0.1, -0.05) is 12.8 Å². The van der Waals surface area contributed by atoms with Crippen LogP contribution in [-0.2, 0) is 13.8 Å². The highest BCUT2D eigenvalue weighted by Gasteiger charge is 2.03. The highest BCUT2D eigenvalue weighted by atomic mass is 35.7. The molecule has 0 aromatic heterocycles. The van der Waals surface area contributed by atoms with Crippen molar-refractivity contribution in [3.63, 3.8) is 0 Å². The zero-order chi connectivity index (χ0) is 9.45. The Morgan fingerprint density at radius 2 is 1.75 bits per heavy atom. The summed E-state index contributed by atoms with van der Waals surface area (Å²) in [5.74, 6) is 0.0849. The molecule has 0 unspecified atom stereocenters. The van der Waals surface area contributed by atoms with Crippen LogP contribution in [0.4, 0.5) is 0 Å². The summed E-state index contributed by atoms with van der Waals surface area (Å²) < 4.78 is 25.8. The van der Waals surface area contributed by atoms with E-state index in [9.17, 15) is 8.42 Å². The van der Waals surface area contributed by atoms with Gasteiger partial charge < -0.3 is 4.74 Å². The average Bonchev–Trinajstić information content (AvgIpc) is 1.94. The Hall–Kier alpha value is 0.200. The third kappa shape index (κ3) is 10.2. The molecule has 0 aliphatic rings. The van der Waals surface area contributed by atoms with Crippen molar-refractivity contribution in [3.05, 3.63) is 0 Å². The summed E-state index contributed by atoms with van der Waals surface area (Å²) in [6.45, 7) is 0.744. The highest BCUT2D eigenvalue weighted by molar-refractivity contribution is 8.13. The summed E-state index contributed by atoms with van der Waals surface area (Å²) in [6, 6.07) is 0. The average molecular weight is 215 g/mol. The number of halogens is 1. The van der Waals surface area contributed by atoms with E-state index in [2.05, 4.69) is 0 Å². The monoisotopic (exact) mass is 214 g/mol. The van der Waals surface area contributed by atoms with Crippen molar-refractivity contribution in [2.75, 3.05) is 19.5 Å². The van der Waals surface area contributed by atoms with Gasteiger partial charge in [-0.25, -0.2) is 8.42 Å². The first kappa shape index (κ1) is 12.2. The lowest BCUT2D eigenvalue weighted by Gasteiger charge is -1.98. The third-order valence-electron chi connectivity index (χ3n) is 1.49. The molecule has 0 aromatic carbocycles. The summed E-state index contributed by atoms with van der Waals surface area (Å²) in [6.07, 6.45) is 3.53. The Kier molecular flexibility index (Phi) is 6.80. The minimum absolute atomic E-state index is 0.0849. The number of rotatable bonds is 7. The van der Waals surface area contributed by atoms with Gasteiger partial charge in [-0.05, 0) is 12.8 Å². The van der Waals surface area contributed by atoms with Crippen LogP contribution in [0.15, 0.2) is 0 Å². The van der Waals surface area contributed by atoms with Crippen LogP contribution in [0.5, 0.6) is 0 Å². The minimum Gasteiger partial charge on any atom is -0.385 e. The van der Waals surface area contributed by atoms with Crippen LogP contribution >= 0.6 is 10.7 Å². The van der Waals surface area contributed by atoms with Gasteiger partial charge in [0, 0.05) is 24.4 Å². The van der Waals surface area contributed by atoms with Gasteiger partial charge in [0.25, 0.3) is 0 Å². The second-order valence-corrected chi connectivity index (χ2v) is 5.55. The van der Waals surface area contributed by atoms with Gasteiger partial charge in [0.15, 0.2) is 0 Å². The lowest BCUT2D eigenvalue weighted by atomic mass is 10.2. The Bertz CT molecular complexity index is 189. The molecule has 0 rings (SSSR count). The largest absolute Gasteiger partial charge is 0.385 e. The van der Waals surface area contributed by atoms with Gasteiger partial charge in [0.2, 0.25) is 9.05 Å². The van der Waals surface area contributed by atoms with Crippen molar-refractivity contribution in [1.82, 2.24) is 0 Å². The summed E-state index contributed by atoms with van der Waals surface area (Å²) >= 11 is 0. The maximum atomic E-state index is 10.5. The third-order valence-corrected chi connectivity index (χ3v) is 2.73. The topological polar surface area (TPSA) is 43.4 Å². The van der Waals surface area contributed by atoms with E-state index >= 15 is 0 Å². The molecule has 0 radical (unpaired) electrons. The molecule has 3 nitrogen and oxygen atoms in total. The molecule has 12 heavy (non-hydrogen) atoms. The molecule has 0 amide bonds. The number of methoxy groups -OCH3 is 1. The van der Waals surface area contributed by atoms with Crippen LogP contribution in [0.3, 0.4) is 0 Å². The van der Waals surface area contributed by atoms with E-state index in [1.54, 1.807) is 7.11 Å². The van der Waals surface area contributed by atoms with Gasteiger partial charge in [-0.3, -0.25) is 0 Å². The smallest absolute Gasteiger partial charge is 0.232 e. The van der Waals surface area contributed by atoms with E-state index < -0.39 is 9.05 Å². The predicted molar refractivity (Wildman–Crippen MR) is 50.0 cm³/mol. The summed E-state index contributed by atoms with van der Waals surface area (Å²) in [5, 5.41) is 0. The van der Waals surface area contributed by atoms with Crippen LogP contribution in [0, 0.1) is 0 Å². The van der Waals surface area contributed by atoms with Gasteiger partial charge >= 0.3 is 0 Å². The van der Waals surface area contributed by atoms with Gasteiger partial charge in [0.05, 0.1) is 5.75 Å². The number of unbranched alkanes of at least 4 members (excludes halogenated alkanes) is 3. The van der Waals surface area contributed by atoms with Crippen LogP contribution in [-0.4, -0.2) is 27.9 Å². The first-order valence-corrected chi connectivity index (χ1v) is 6.45. The fraction of sp³-hybridized carbons (Fsp3) is 1.00. The zero-order valence-electron chi connectivity index (χ0n) is 7.25. The molecule has 0 aliphatic carbocycles. The minimum atomic E-state index is -3.28. The summed E-state index contributed by atoms with van der Waals surface area (Å²) in [4.78, 5) is 0. The lowest BCUT2D eigenvalue weighted by Crippen LogP contribution is -1.97. The maximum Gasteiger partial charge on any atom is 0.232 e. The molecule has 0 aliphatic heterocycles. The highest BCUT2D eigenvalue weighted by Crippen LogP contribution is 2.05. The van der Waals surface area contributed by atoms with E-state index in [0.717, 1.165) is 25.9 Å². The van der Waals surface area contributed by atoms with E-state index in [4.69, 9.17) is 15.4 Å². The molecule has 0 bridgehead atoms. The SMILES string of the molecule is COCCCCCCS(=O)(=O)Cl. The van der Waals surface area contributed by atoms with Crippen molar-refractivity contribution in [1.29, 1.82) is 0 Å². The summed E-state index contributed by atoms with van der Waals surface area (Å²) in [5.41, 5.74) is 0. The molecule has 0 heterocycles. The van der Waals surface area contributed by atoms with Crippen molar-refractivity contribution >= 4 is 19.7 Å². The van der Waals surface area contributed by atoms with Crippen LogP contribution in [0.1, 0.15) is 25.7 Å². The first-order chi connectivity index (χ1) is 5.56. The predicted octanol–water partition coefficient (Wildman–Crippen LogP) is 1.76. The fourth-order valence-corrected chi connectivity index (χ4v) is 1.75. The first-order valence-electron chi connectivity index (χ1n) is 3.97. The van der Waals surface area contributed by atoms with Crippen LogP contribution in [0.25, 0.3) is 0 Å². The molecule has 5 heteroatoms. The molecule has 0 spiro atoms. The molecule has 0 N–H and O–H groups in total. The van der Waals surface area contributed by atoms with E-state index in [-0.39, 0.29) is 5.75 Å². The van der Waals surface area contributed by atoms with Gasteiger partial charge in [-0.2, -0.15) is 0 Å². The molecule has 74 valence electrons. The molecule has 0 saturated carbocycles. The lowest BCUT2D eigenvalue weighted by molar-refractivity contribution is 0.192. The van der Waals surface area contributed by atoms with Crippen molar-refractivity contribution < 1.29 is 13.2 Å². The fourth-order valence-electron chi connectivity index (χ4n) is 0.874. The normalized spacial score (nSPS) is 11.8. The number of hydrogen-bond acceptors (Lipinski definition) is 3. The van der Waals surface area contributed by atoms with Crippen molar-refractivity contribution in [2.24, 2.45) is 0 Å². The Balaban J connectivity index is 3.12. The zero-order valence-corrected chi connectivity index (χ0v) is 8.83. The van der Waals surface area contributed by atoms with E-state index in [0.29, 0.717) is 6.42 Å². The van der Waals surface area contributed by atoms with Crippen molar-refractivity contribution in [2.45, 2.75) is 25.7 Å². The van der Waals surface area contributed by atoms with Gasteiger partial charge in [-0.15, -0.1) is 0 Å². The quantitative estimate of drug-likeness (QED) is 0.479. The molecular formula is C7H15ClO3S. The second-order valence-electron chi connectivity index (χ2n) is 2.65. The van der Waals surface area contributed by atoms with Gasteiger partial charge in [0.1, 0.15) is 0 Å². The molecule has 0 saturated heterocycles. The molecule has 0 atom stereocenters. The second kappa shape index (κ2) is 6.69. The van der Waals surface area contributed by atoms with Crippen LogP contribution in [0.2, 0.25) is 0 Å². The Labute approximate surface area is 78.5 Å². The molecular weight excluding hydrogens is 200 g/mol.